The van der Waals surface area contributed by atoms with Crippen LogP contribution in [0.3, 0.4) is 0 Å². The summed E-state index contributed by atoms with van der Waals surface area (Å²) in [5, 5.41) is 18.8. The molecule has 0 radical (unpaired) electrons. The number of H-pyrrole nitrogens is 1. The summed E-state index contributed by atoms with van der Waals surface area (Å²) in [6.45, 7) is 0.794. The van der Waals surface area contributed by atoms with Crippen molar-refractivity contribution in [3.63, 3.8) is 0 Å². The van der Waals surface area contributed by atoms with Crippen molar-refractivity contribution in [3.05, 3.63) is 22.6 Å². The third-order valence-corrected chi connectivity index (χ3v) is 3.01. The van der Waals surface area contributed by atoms with Crippen molar-refractivity contribution in [2.45, 2.75) is 31.8 Å². The van der Waals surface area contributed by atoms with Crippen LogP contribution in [0.25, 0.3) is 0 Å². The lowest BCUT2D eigenvalue weighted by atomic mass is 9.87. The number of hydrogen-bond donors (Lipinski definition) is 3. The average molecular weight is 223 g/mol. The van der Waals surface area contributed by atoms with Crippen molar-refractivity contribution < 1.29 is 5.11 Å². The quantitative estimate of drug-likeness (QED) is 0.706. The van der Waals surface area contributed by atoms with Crippen molar-refractivity contribution in [2.75, 3.05) is 11.9 Å². The first-order valence-electron chi connectivity index (χ1n) is 5.70. The Morgan fingerprint density at radius 2 is 2.44 bits per heavy atom. The van der Waals surface area contributed by atoms with Crippen LogP contribution in [0.15, 0.2) is 17.1 Å². The molecule has 2 rings (SSSR count). The lowest BCUT2D eigenvalue weighted by molar-refractivity contribution is 0.105. The Labute approximate surface area is 93.9 Å². The highest BCUT2D eigenvalue weighted by Gasteiger charge is 2.19. The Bertz CT molecular complexity index is 391. The first-order chi connectivity index (χ1) is 7.74. The summed E-state index contributed by atoms with van der Waals surface area (Å²) in [5.41, 5.74) is 0.539. The molecule has 1 saturated carbocycles. The van der Waals surface area contributed by atoms with E-state index >= 15 is 0 Å². The molecular formula is C11H17N3O2. The maximum atomic E-state index is 11.0. The monoisotopic (exact) mass is 223 g/mol. The van der Waals surface area contributed by atoms with E-state index in [4.69, 9.17) is 0 Å². The van der Waals surface area contributed by atoms with Crippen LogP contribution in [0.4, 0.5) is 5.69 Å². The smallest absolute Gasteiger partial charge is 0.266 e. The molecule has 1 aromatic rings. The van der Waals surface area contributed by atoms with Crippen LogP contribution in [0.5, 0.6) is 0 Å². The average Bonchev–Trinajstić information content (AvgIpc) is 2.27. The molecule has 0 amide bonds. The number of nitrogens with one attached hydrogen (secondary N) is 2. The Morgan fingerprint density at radius 3 is 3.19 bits per heavy atom. The Kier molecular flexibility index (Phi) is 3.56. The molecule has 88 valence electrons. The van der Waals surface area contributed by atoms with Gasteiger partial charge in [0.15, 0.2) is 0 Å². The van der Waals surface area contributed by atoms with E-state index in [0.29, 0.717) is 5.92 Å². The minimum absolute atomic E-state index is 0.155. The van der Waals surface area contributed by atoms with Gasteiger partial charge in [-0.05, 0) is 25.2 Å². The SMILES string of the molecule is O=c1cc(NCC2CCCC(O)C2)cn[nH]1. The van der Waals surface area contributed by atoms with Crippen molar-refractivity contribution in [3.8, 4) is 0 Å². The summed E-state index contributed by atoms with van der Waals surface area (Å²) in [7, 11) is 0. The summed E-state index contributed by atoms with van der Waals surface area (Å²) in [5.74, 6) is 0.489. The Hall–Kier alpha value is -1.36. The van der Waals surface area contributed by atoms with Gasteiger partial charge in [-0.1, -0.05) is 6.42 Å². The highest BCUT2D eigenvalue weighted by atomic mass is 16.3. The minimum atomic E-state index is -0.200. The summed E-state index contributed by atoms with van der Waals surface area (Å²) < 4.78 is 0. The molecular weight excluding hydrogens is 206 g/mol. The molecule has 0 saturated heterocycles. The van der Waals surface area contributed by atoms with Gasteiger partial charge in [0.25, 0.3) is 5.56 Å². The molecule has 0 aromatic carbocycles. The zero-order valence-corrected chi connectivity index (χ0v) is 9.15. The number of hydrogen-bond acceptors (Lipinski definition) is 4. The molecule has 0 aliphatic heterocycles. The third-order valence-electron chi connectivity index (χ3n) is 3.01. The molecule has 16 heavy (non-hydrogen) atoms. The topological polar surface area (TPSA) is 78.0 Å². The predicted octanol–water partition coefficient (Wildman–Crippen LogP) is 0.733. The highest BCUT2D eigenvalue weighted by molar-refractivity contribution is 5.38. The number of anilines is 1. The zero-order valence-electron chi connectivity index (χ0n) is 9.15. The van der Waals surface area contributed by atoms with Gasteiger partial charge < -0.3 is 10.4 Å². The van der Waals surface area contributed by atoms with E-state index in [1.54, 1.807) is 6.20 Å². The second kappa shape index (κ2) is 5.12. The fourth-order valence-corrected chi connectivity index (χ4v) is 2.18. The van der Waals surface area contributed by atoms with E-state index in [1.807, 2.05) is 0 Å². The largest absolute Gasteiger partial charge is 0.393 e. The van der Waals surface area contributed by atoms with E-state index in [9.17, 15) is 9.90 Å². The van der Waals surface area contributed by atoms with Crippen LogP contribution < -0.4 is 10.9 Å². The predicted molar refractivity (Wildman–Crippen MR) is 61.3 cm³/mol. The lowest BCUT2D eigenvalue weighted by Crippen LogP contribution is -2.25. The van der Waals surface area contributed by atoms with E-state index in [-0.39, 0.29) is 11.7 Å². The zero-order chi connectivity index (χ0) is 11.4. The number of rotatable bonds is 3. The van der Waals surface area contributed by atoms with E-state index < -0.39 is 0 Å². The number of aromatic amines is 1. The molecule has 3 N–H and O–H groups in total. The molecule has 1 heterocycles. The van der Waals surface area contributed by atoms with Gasteiger partial charge in [-0.3, -0.25) is 4.79 Å². The van der Waals surface area contributed by atoms with Gasteiger partial charge in [-0.2, -0.15) is 5.10 Å². The molecule has 0 bridgehead atoms. The molecule has 1 aliphatic rings. The lowest BCUT2D eigenvalue weighted by Gasteiger charge is -2.26. The fraction of sp³-hybridized carbons (Fsp3) is 0.636. The van der Waals surface area contributed by atoms with E-state index in [2.05, 4.69) is 15.5 Å². The van der Waals surface area contributed by atoms with Crippen LogP contribution in [-0.2, 0) is 0 Å². The van der Waals surface area contributed by atoms with E-state index in [0.717, 1.165) is 37.9 Å². The van der Waals surface area contributed by atoms with Crippen molar-refractivity contribution in [1.29, 1.82) is 0 Å². The molecule has 1 aliphatic carbocycles. The standard InChI is InChI=1S/C11H17N3O2/c15-10-3-1-2-8(4-10)6-12-9-5-11(16)14-13-7-9/h5,7-8,10,15H,1-4,6H2,(H2,12,14,16). The normalized spacial score (nSPS) is 25.3. The second-order valence-corrected chi connectivity index (χ2v) is 4.40. The van der Waals surface area contributed by atoms with E-state index in [1.165, 1.54) is 6.07 Å². The first-order valence-corrected chi connectivity index (χ1v) is 5.70. The number of aromatic nitrogens is 2. The van der Waals surface area contributed by atoms with Crippen molar-refractivity contribution in [2.24, 2.45) is 5.92 Å². The number of nitrogens with zero attached hydrogens (tertiary/aromatic N) is 1. The molecule has 1 fully saturated rings. The number of aliphatic hydroxyl groups is 1. The fourth-order valence-electron chi connectivity index (χ4n) is 2.18. The van der Waals surface area contributed by atoms with Gasteiger partial charge in [-0.15, -0.1) is 0 Å². The number of aliphatic hydroxyl groups excluding tert-OH is 1. The molecule has 1 aromatic heterocycles. The first kappa shape index (κ1) is 11.1. The Morgan fingerprint density at radius 1 is 1.56 bits per heavy atom. The molecule has 5 nitrogen and oxygen atoms in total. The molecule has 2 unspecified atom stereocenters. The van der Waals surface area contributed by atoms with Crippen molar-refractivity contribution in [1.82, 2.24) is 10.2 Å². The van der Waals surface area contributed by atoms with Gasteiger partial charge in [0.2, 0.25) is 0 Å². The second-order valence-electron chi connectivity index (χ2n) is 4.40. The molecule has 5 heteroatoms. The highest BCUT2D eigenvalue weighted by Crippen LogP contribution is 2.24. The van der Waals surface area contributed by atoms with Crippen LogP contribution >= 0.6 is 0 Å². The van der Waals surface area contributed by atoms with Crippen LogP contribution in [-0.4, -0.2) is 28.0 Å². The van der Waals surface area contributed by atoms with Gasteiger partial charge in [0.1, 0.15) is 0 Å². The maximum absolute atomic E-state index is 11.0. The van der Waals surface area contributed by atoms with Gasteiger partial charge >= 0.3 is 0 Å². The minimum Gasteiger partial charge on any atom is -0.393 e. The van der Waals surface area contributed by atoms with Crippen LogP contribution in [0.1, 0.15) is 25.7 Å². The van der Waals surface area contributed by atoms with Crippen LogP contribution in [0.2, 0.25) is 0 Å². The molecule has 2 atom stereocenters. The summed E-state index contributed by atoms with van der Waals surface area (Å²) >= 11 is 0. The van der Waals surface area contributed by atoms with Gasteiger partial charge in [0, 0.05) is 12.6 Å². The third kappa shape index (κ3) is 3.06. The maximum Gasteiger partial charge on any atom is 0.266 e. The summed E-state index contributed by atoms with van der Waals surface area (Å²) in [6.07, 6.45) is 5.44. The summed E-state index contributed by atoms with van der Waals surface area (Å²) in [6, 6.07) is 1.49. The van der Waals surface area contributed by atoms with Gasteiger partial charge in [-0.25, -0.2) is 5.10 Å². The van der Waals surface area contributed by atoms with Crippen molar-refractivity contribution >= 4 is 5.69 Å². The summed E-state index contributed by atoms with van der Waals surface area (Å²) in [4.78, 5) is 11.0. The van der Waals surface area contributed by atoms with Crippen LogP contribution in [0, 0.1) is 5.92 Å². The Balaban J connectivity index is 1.85. The van der Waals surface area contributed by atoms with Gasteiger partial charge in [0.05, 0.1) is 18.0 Å². The molecule has 0 spiro atoms.